The number of rotatable bonds is 12. The summed E-state index contributed by atoms with van der Waals surface area (Å²) in [5.41, 5.74) is 1.31. The molecule has 0 bridgehead atoms. The molecule has 1 aliphatic rings. The molecule has 42 heavy (non-hydrogen) atoms. The van der Waals surface area contributed by atoms with Crippen LogP contribution in [-0.4, -0.2) is 47.0 Å². The molecule has 0 heterocycles. The highest BCUT2D eigenvalue weighted by Gasteiger charge is 2.37. The first-order valence-corrected chi connectivity index (χ1v) is 15.3. The van der Waals surface area contributed by atoms with E-state index in [0.717, 1.165) is 50.5 Å². The maximum absolute atomic E-state index is 14.6. The normalized spacial score (nSPS) is 15.1. The van der Waals surface area contributed by atoms with Crippen molar-refractivity contribution in [2.45, 2.75) is 109 Å². The Kier molecular flexibility index (Phi) is 12.5. The Morgan fingerprint density at radius 1 is 1.00 bits per heavy atom. The Morgan fingerprint density at radius 3 is 2.31 bits per heavy atom. The summed E-state index contributed by atoms with van der Waals surface area (Å²) >= 11 is 0. The molecule has 7 heteroatoms. The van der Waals surface area contributed by atoms with Crippen molar-refractivity contribution in [1.82, 2.24) is 15.5 Å². The van der Waals surface area contributed by atoms with Crippen molar-refractivity contribution in [2.75, 3.05) is 6.54 Å². The van der Waals surface area contributed by atoms with Crippen LogP contribution in [0.5, 0.6) is 0 Å². The van der Waals surface area contributed by atoms with Gasteiger partial charge in [0.05, 0.1) is 0 Å². The third-order valence-corrected chi connectivity index (χ3v) is 7.48. The highest BCUT2D eigenvalue weighted by molar-refractivity contribution is 5.92. The largest absolute Gasteiger partial charge is 0.444 e. The number of amides is 3. The first-order chi connectivity index (χ1) is 20.1. The van der Waals surface area contributed by atoms with Gasteiger partial charge >= 0.3 is 6.09 Å². The number of terminal acetylenes is 1. The molecule has 226 valence electrons. The Morgan fingerprint density at radius 2 is 1.67 bits per heavy atom. The second-order valence-corrected chi connectivity index (χ2v) is 12.1. The number of alkyl carbamates (subject to hydrolysis) is 1. The second kappa shape index (κ2) is 16.0. The first-order valence-electron chi connectivity index (χ1n) is 15.3. The van der Waals surface area contributed by atoms with E-state index < -0.39 is 23.8 Å². The van der Waals surface area contributed by atoms with Gasteiger partial charge in [0.2, 0.25) is 11.8 Å². The number of carbonyl (C=O) groups excluding carboxylic acids is 3. The number of carbonyl (C=O) groups is 3. The van der Waals surface area contributed by atoms with E-state index in [4.69, 9.17) is 11.2 Å². The summed E-state index contributed by atoms with van der Waals surface area (Å²) < 4.78 is 5.54. The average molecular weight is 574 g/mol. The van der Waals surface area contributed by atoms with E-state index in [1.165, 1.54) is 0 Å². The number of ether oxygens (including phenoxy) is 1. The molecule has 2 atom stereocenters. The van der Waals surface area contributed by atoms with E-state index in [9.17, 15) is 14.4 Å². The van der Waals surface area contributed by atoms with E-state index in [-0.39, 0.29) is 24.3 Å². The number of nitrogens with zero attached hydrogens (tertiary/aromatic N) is 1. The molecule has 0 radical (unpaired) electrons. The lowest BCUT2D eigenvalue weighted by Crippen LogP contribution is -2.54. The van der Waals surface area contributed by atoms with E-state index in [1.54, 1.807) is 31.7 Å². The summed E-state index contributed by atoms with van der Waals surface area (Å²) in [6.07, 6.45) is 13.1. The van der Waals surface area contributed by atoms with Crippen LogP contribution in [-0.2, 0) is 20.7 Å². The zero-order valence-electron chi connectivity index (χ0n) is 25.7. The summed E-state index contributed by atoms with van der Waals surface area (Å²) in [6.45, 7) is 7.77. The van der Waals surface area contributed by atoms with Gasteiger partial charge in [0.1, 0.15) is 17.7 Å². The molecule has 0 aliphatic heterocycles. The van der Waals surface area contributed by atoms with E-state index >= 15 is 0 Å². The minimum Gasteiger partial charge on any atom is -0.444 e. The Labute approximate surface area is 251 Å². The highest BCUT2D eigenvalue weighted by Crippen LogP contribution is 2.28. The molecule has 0 aromatic heterocycles. The number of unbranched alkanes of at least 4 members (excludes halogenated alkanes) is 2. The number of hydrogen-bond acceptors (Lipinski definition) is 4. The highest BCUT2D eigenvalue weighted by atomic mass is 16.6. The summed E-state index contributed by atoms with van der Waals surface area (Å²) in [6, 6.07) is 15.0. The van der Waals surface area contributed by atoms with E-state index in [1.807, 2.05) is 48.5 Å². The van der Waals surface area contributed by atoms with Crippen LogP contribution in [0.15, 0.2) is 54.6 Å². The summed E-state index contributed by atoms with van der Waals surface area (Å²) in [4.78, 5) is 43.3. The van der Waals surface area contributed by atoms with Crippen LogP contribution in [0.2, 0.25) is 0 Å². The fourth-order valence-electron chi connectivity index (χ4n) is 5.44. The minimum atomic E-state index is -0.952. The van der Waals surface area contributed by atoms with Crippen LogP contribution >= 0.6 is 0 Å². The molecule has 1 saturated carbocycles. The van der Waals surface area contributed by atoms with Crippen LogP contribution in [0, 0.1) is 12.3 Å². The fraction of sp³-hybridized carbons (Fsp3) is 0.514. The third kappa shape index (κ3) is 9.94. The lowest BCUT2D eigenvalue weighted by atomic mass is 9.93. The van der Waals surface area contributed by atoms with Gasteiger partial charge in [-0.1, -0.05) is 93.5 Å². The van der Waals surface area contributed by atoms with Crippen LogP contribution in [0.25, 0.3) is 0 Å². The average Bonchev–Trinajstić information content (AvgIpc) is 2.96. The lowest BCUT2D eigenvalue weighted by Gasteiger charge is -2.36. The van der Waals surface area contributed by atoms with Gasteiger partial charge in [0, 0.05) is 24.6 Å². The van der Waals surface area contributed by atoms with Crippen LogP contribution in [0.3, 0.4) is 0 Å². The second-order valence-electron chi connectivity index (χ2n) is 12.1. The molecule has 2 aromatic rings. The SMILES string of the molecule is C#Cc1ccccc1C(C(=O)NC1CCCCC1)N(CCCCC)C(=O)C(Cc1ccccc1)NC(=O)OC(C)(C)C. The van der Waals surface area contributed by atoms with Crippen LogP contribution < -0.4 is 10.6 Å². The summed E-state index contributed by atoms with van der Waals surface area (Å²) in [5, 5.41) is 6.07. The summed E-state index contributed by atoms with van der Waals surface area (Å²) in [5.74, 6) is 2.12. The third-order valence-electron chi connectivity index (χ3n) is 7.48. The Hall–Kier alpha value is -3.79. The van der Waals surface area contributed by atoms with Crippen LogP contribution in [0.1, 0.15) is 102 Å². The van der Waals surface area contributed by atoms with Gasteiger partial charge < -0.3 is 20.3 Å². The van der Waals surface area contributed by atoms with E-state index in [2.05, 4.69) is 23.5 Å². The standard InChI is InChI=1S/C35H47N3O4/c1-6-8-17-24-38(33(40)30(25-26-18-11-9-12-19-26)37-34(41)42-35(3,4)5)31(29-23-16-15-20-27(29)7-2)32(39)36-28-21-13-10-14-22-28/h2,9,11-12,15-16,18-20,23,28,30-31H,6,8,10,13-14,17,21-22,24-25H2,1,3-5H3,(H,36,39)(H,37,41). The number of nitrogens with one attached hydrogen (secondary N) is 2. The molecule has 2 unspecified atom stereocenters. The first kappa shape index (κ1) is 32.7. The van der Waals surface area contributed by atoms with Crippen molar-refractivity contribution in [1.29, 1.82) is 0 Å². The van der Waals surface area contributed by atoms with E-state index in [0.29, 0.717) is 24.1 Å². The van der Waals surface area contributed by atoms with Gasteiger partial charge in [0.25, 0.3) is 0 Å². The quantitative estimate of drug-likeness (QED) is 0.230. The minimum absolute atomic E-state index is 0.0549. The van der Waals surface area contributed by atoms with Gasteiger partial charge in [0.15, 0.2) is 0 Å². The maximum atomic E-state index is 14.6. The Balaban J connectivity index is 2.05. The van der Waals surface area contributed by atoms with Crippen molar-refractivity contribution < 1.29 is 19.1 Å². The molecule has 2 N–H and O–H groups in total. The number of hydrogen-bond donors (Lipinski definition) is 2. The predicted molar refractivity (Wildman–Crippen MR) is 167 cm³/mol. The molecule has 1 aliphatic carbocycles. The molecule has 0 spiro atoms. The van der Waals surface area contributed by atoms with Crippen molar-refractivity contribution in [3.63, 3.8) is 0 Å². The fourth-order valence-corrected chi connectivity index (χ4v) is 5.44. The smallest absolute Gasteiger partial charge is 0.408 e. The molecule has 1 fully saturated rings. The van der Waals surface area contributed by atoms with Gasteiger partial charge in [-0.3, -0.25) is 9.59 Å². The van der Waals surface area contributed by atoms with Crippen LogP contribution in [0.4, 0.5) is 4.79 Å². The molecule has 0 saturated heterocycles. The lowest BCUT2D eigenvalue weighted by molar-refractivity contribution is -0.143. The predicted octanol–water partition coefficient (Wildman–Crippen LogP) is 6.31. The van der Waals surface area contributed by atoms with Gasteiger partial charge in [-0.25, -0.2) is 4.79 Å². The van der Waals surface area contributed by atoms with Gasteiger partial charge in [-0.05, 0) is 57.2 Å². The number of benzene rings is 2. The molecule has 7 nitrogen and oxygen atoms in total. The zero-order chi connectivity index (χ0) is 30.5. The van der Waals surface area contributed by atoms with Crippen molar-refractivity contribution in [3.05, 3.63) is 71.3 Å². The van der Waals surface area contributed by atoms with Crippen molar-refractivity contribution in [2.24, 2.45) is 0 Å². The molecule has 3 amide bonds. The van der Waals surface area contributed by atoms with Crippen molar-refractivity contribution in [3.8, 4) is 12.3 Å². The maximum Gasteiger partial charge on any atom is 0.408 e. The monoisotopic (exact) mass is 573 g/mol. The Bertz CT molecular complexity index is 1210. The topological polar surface area (TPSA) is 87.7 Å². The molecular weight excluding hydrogens is 526 g/mol. The molecular formula is C35H47N3O4. The van der Waals surface area contributed by atoms with Crippen molar-refractivity contribution >= 4 is 17.9 Å². The summed E-state index contributed by atoms with van der Waals surface area (Å²) in [7, 11) is 0. The molecule has 2 aromatic carbocycles. The van der Waals surface area contributed by atoms with Gasteiger partial charge in [-0.2, -0.15) is 0 Å². The van der Waals surface area contributed by atoms with Gasteiger partial charge in [-0.15, -0.1) is 6.42 Å². The zero-order valence-corrected chi connectivity index (χ0v) is 25.7. The molecule has 3 rings (SSSR count).